The van der Waals surface area contributed by atoms with Crippen molar-refractivity contribution in [3.8, 4) is 0 Å². The van der Waals surface area contributed by atoms with Gasteiger partial charge in [-0.3, -0.25) is 0 Å². The minimum Gasteiger partial charge on any atom is -0.449 e. The number of ether oxygens (including phenoxy) is 2. The molecule has 0 N–H and O–H groups in total. The lowest BCUT2D eigenvalue weighted by Gasteiger charge is -2.25. The Labute approximate surface area is 201 Å². The first-order valence-corrected chi connectivity index (χ1v) is 13.1. The molecule has 0 aliphatic heterocycles. The Morgan fingerprint density at radius 1 is 0.515 bits per heavy atom. The number of imide groups is 1. The van der Waals surface area contributed by atoms with Gasteiger partial charge in [-0.1, -0.05) is 91.9 Å². The van der Waals surface area contributed by atoms with Gasteiger partial charge in [-0.05, 0) is 25.7 Å². The number of rotatable bonds is 18. The number of carbonyl (C=O) groups is 3. The van der Waals surface area contributed by atoms with Crippen LogP contribution in [-0.4, -0.2) is 54.5 Å². The van der Waals surface area contributed by atoms with Crippen molar-refractivity contribution in [3.05, 3.63) is 0 Å². The molecule has 0 aromatic carbocycles. The number of nitrogens with zero attached hydrogens (tertiary/aromatic N) is 2. The highest BCUT2D eigenvalue weighted by molar-refractivity contribution is 5.88. The highest BCUT2D eigenvalue weighted by Crippen LogP contribution is 2.11. The Morgan fingerprint density at radius 3 is 1.48 bits per heavy atom. The van der Waals surface area contributed by atoms with Crippen LogP contribution in [0.4, 0.5) is 14.4 Å². The third kappa shape index (κ3) is 16.3. The summed E-state index contributed by atoms with van der Waals surface area (Å²) < 4.78 is 10.6. The Morgan fingerprint density at radius 2 is 0.970 bits per heavy atom. The zero-order valence-corrected chi connectivity index (χ0v) is 21.6. The first-order chi connectivity index (χ1) is 16.0. The third-order valence-corrected chi connectivity index (χ3v) is 5.23. The second-order valence-electron chi connectivity index (χ2n) is 8.38. The van der Waals surface area contributed by atoms with E-state index < -0.39 is 18.3 Å². The van der Waals surface area contributed by atoms with Crippen LogP contribution in [0.2, 0.25) is 0 Å². The quantitative estimate of drug-likeness (QED) is 0.152. The van der Waals surface area contributed by atoms with Crippen LogP contribution >= 0.6 is 0 Å². The minimum absolute atomic E-state index is 0.195. The summed E-state index contributed by atoms with van der Waals surface area (Å²) in [5, 5.41) is 0.952. The van der Waals surface area contributed by atoms with Gasteiger partial charge in [-0.15, -0.1) is 5.06 Å². The maximum Gasteiger partial charge on any atom is 0.443 e. The summed E-state index contributed by atoms with van der Waals surface area (Å²) in [6, 6.07) is 0. The fourth-order valence-electron chi connectivity index (χ4n) is 3.13. The summed E-state index contributed by atoms with van der Waals surface area (Å²) in [6.45, 7) is 9.28. The van der Waals surface area contributed by atoms with Crippen LogP contribution in [0.5, 0.6) is 0 Å². The van der Waals surface area contributed by atoms with Crippen molar-refractivity contribution in [2.45, 2.75) is 118 Å². The van der Waals surface area contributed by atoms with Crippen LogP contribution in [0.25, 0.3) is 0 Å². The van der Waals surface area contributed by atoms with Crippen molar-refractivity contribution in [2.24, 2.45) is 0 Å². The normalized spacial score (nSPS) is 10.5. The molecular formula is C25H48N2O6. The fourth-order valence-corrected chi connectivity index (χ4v) is 3.13. The molecule has 0 aromatic rings. The average Bonchev–Trinajstić information content (AvgIpc) is 2.81. The van der Waals surface area contributed by atoms with Gasteiger partial charge in [0.2, 0.25) is 0 Å². The molecule has 0 saturated carbocycles. The summed E-state index contributed by atoms with van der Waals surface area (Å²) >= 11 is 0. The van der Waals surface area contributed by atoms with Crippen molar-refractivity contribution < 1.29 is 28.7 Å². The molecule has 0 bridgehead atoms. The predicted molar refractivity (Wildman–Crippen MR) is 130 cm³/mol. The van der Waals surface area contributed by atoms with Gasteiger partial charge in [0, 0.05) is 6.54 Å². The van der Waals surface area contributed by atoms with Crippen molar-refractivity contribution in [1.82, 2.24) is 9.96 Å². The molecule has 3 amide bonds. The summed E-state index contributed by atoms with van der Waals surface area (Å²) in [5.41, 5.74) is 0. The van der Waals surface area contributed by atoms with Gasteiger partial charge in [-0.25, -0.2) is 19.3 Å². The molecule has 0 aromatic heterocycles. The van der Waals surface area contributed by atoms with Gasteiger partial charge in [0.05, 0.1) is 19.8 Å². The Hall–Kier alpha value is -1.99. The summed E-state index contributed by atoms with van der Waals surface area (Å²) in [6.07, 6.45) is 10.4. The molecule has 0 rings (SSSR count). The highest BCUT2D eigenvalue weighted by Gasteiger charge is 2.29. The van der Waals surface area contributed by atoms with Crippen LogP contribution in [0.15, 0.2) is 0 Å². The van der Waals surface area contributed by atoms with Gasteiger partial charge in [0.25, 0.3) is 0 Å². The van der Waals surface area contributed by atoms with Gasteiger partial charge < -0.3 is 14.3 Å². The average molecular weight is 473 g/mol. The molecule has 0 heterocycles. The maximum atomic E-state index is 12.9. The van der Waals surface area contributed by atoms with Crippen molar-refractivity contribution in [1.29, 1.82) is 0 Å². The topological polar surface area (TPSA) is 85.4 Å². The summed E-state index contributed by atoms with van der Waals surface area (Å²) in [7, 11) is 0. The molecule has 33 heavy (non-hydrogen) atoms. The summed E-state index contributed by atoms with van der Waals surface area (Å²) in [4.78, 5) is 44.3. The number of hydrogen-bond acceptors (Lipinski definition) is 6. The van der Waals surface area contributed by atoms with E-state index >= 15 is 0 Å². The molecule has 0 spiro atoms. The number of amides is 3. The second kappa shape index (κ2) is 21.8. The predicted octanol–water partition coefficient (Wildman–Crippen LogP) is 7.46. The molecular weight excluding hydrogens is 424 g/mol. The van der Waals surface area contributed by atoms with E-state index in [2.05, 4.69) is 27.7 Å². The smallest absolute Gasteiger partial charge is 0.443 e. The van der Waals surface area contributed by atoms with E-state index in [1.807, 2.05) is 0 Å². The number of hydrogen-bond donors (Lipinski definition) is 0. The van der Waals surface area contributed by atoms with E-state index in [1.54, 1.807) is 0 Å². The third-order valence-electron chi connectivity index (χ3n) is 5.23. The van der Waals surface area contributed by atoms with Gasteiger partial charge >= 0.3 is 18.3 Å². The Bertz CT molecular complexity index is 515. The largest absolute Gasteiger partial charge is 0.449 e. The molecule has 8 heteroatoms. The molecule has 0 radical (unpaired) electrons. The van der Waals surface area contributed by atoms with Gasteiger partial charge in [-0.2, -0.15) is 0 Å². The monoisotopic (exact) mass is 472 g/mol. The van der Waals surface area contributed by atoms with E-state index in [1.165, 1.54) is 0 Å². The molecule has 0 atom stereocenters. The van der Waals surface area contributed by atoms with Crippen molar-refractivity contribution in [3.63, 3.8) is 0 Å². The van der Waals surface area contributed by atoms with E-state index in [-0.39, 0.29) is 26.3 Å². The Kier molecular flexibility index (Phi) is 20.5. The lowest BCUT2D eigenvalue weighted by atomic mass is 10.2. The first-order valence-electron chi connectivity index (χ1n) is 13.1. The van der Waals surface area contributed by atoms with Crippen LogP contribution < -0.4 is 0 Å². The minimum atomic E-state index is -0.895. The molecule has 0 aliphatic rings. The fraction of sp³-hybridized carbons (Fsp3) is 0.880. The first kappa shape index (κ1) is 31.0. The van der Waals surface area contributed by atoms with Crippen LogP contribution in [0, 0.1) is 0 Å². The van der Waals surface area contributed by atoms with E-state index in [0.29, 0.717) is 12.8 Å². The molecule has 8 nitrogen and oxygen atoms in total. The number of hydroxylamine groups is 2. The zero-order chi connectivity index (χ0) is 24.7. The van der Waals surface area contributed by atoms with Crippen LogP contribution in [-0.2, 0) is 14.3 Å². The molecule has 0 aliphatic carbocycles. The number of unbranched alkanes of at least 4 members (excludes halogenated alkanes) is 10. The van der Waals surface area contributed by atoms with Crippen LogP contribution in [0.1, 0.15) is 118 Å². The van der Waals surface area contributed by atoms with Gasteiger partial charge in [0.15, 0.2) is 0 Å². The van der Waals surface area contributed by atoms with E-state index in [0.717, 1.165) is 87.0 Å². The zero-order valence-electron chi connectivity index (χ0n) is 21.6. The van der Waals surface area contributed by atoms with Crippen molar-refractivity contribution in [2.75, 3.05) is 26.3 Å². The second-order valence-corrected chi connectivity index (χ2v) is 8.38. The molecule has 0 unspecified atom stereocenters. The molecule has 0 fully saturated rings. The van der Waals surface area contributed by atoms with E-state index in [9.17, 15) is 14.4 Å². The highest BCUT2D eigenvalue weighted by atomic mass is 16.8. The maximum absolute atomic E-state index is 12.9. The lowest BCUT2D eigenvalue weighted by molar-refractivity contribution is -0.0949. The number of carbonyl (C=O) groups excluding carboxylic acids is 3. The van der Waals surface area contributed by atoms with Crippen LogP contribution in [0.3, 0.4) is 0 Å². The summed E-state index contributed by atoms with van der Waals surface area (Å²) in [5.74, 6) is 0. The lowest BCUT2D eigenvalue weighted by Crippen LogP contribution is -2.44. The molecule has 194 valence electrons. The van der Waals surface area contributed by atoms with Gasteiger partial charge in [0.1, 0.15) is 0 Å². The van der Waals surface area contributed by atoms with E-state index in [4.69, 9.17) is 14.3 Å². The molecule has 0 saturated heterocycles. The SMILES string of the molecule is CCCCCCN(OC(=O)N(CCCCCC)C(=O)OCCCCC)C(=O)OCCCCC. The van der Waals surface area contributed by atoms with Crippen molar-refractivity contribution >= 4 is 18.3 Å². The standard InChI is InChI=1S/C25H48N2O6/c1-5-9-13-15-19-26(23(28)31-21-17-11-7-3)24(29)33-27(20-16-14-10-6-2)25(30)32-22-18-12-8-4/h5-22H2,1-4H3. The Balaban J connectivity index is 5.07.